The highest BCUT2D eigenvalue weighted by atomic mass is 14.6. The molecule has 2 N–H and O–H groups in total. The molecule has 0 saturated heterocycles. The summed E-state index contributed by atoms with van der Waals surface area (Å²) in [4.78, 5) is 0. The maximum atomic E-state index is 6.19. The van der Waals surface area contributed by atoms with Gasteiger partial charge in [-0.15, -0.1) is 0 Å². The Morgan fingerprint density at radius 1 is 0.750 bits per heavy atom. The van der Waals surface area contributed by atoms with Crippen molar-refractivity contribution < 1.29 is 0 Å². The topological polar surface area (TPSA) is 26.0 Å². The molecule has 106 valence electrons. The second-order valence-electron chi connectivity index (χ2n) is 5.50. The van der Waals surface area contributed by atoms with E-state index in [4.69, 9.17) is 5.73 Å². The van der Waals surface area contributed by atoms with Crippen LogP contribution in [-0.4, -0.2) is 6.04 Å². The van der Waals surface area contributed by atoms with Crippen molar-refractivity contribution in [3.8, 4) is 0 Å². The van der Waals surface area contributed by atoms with Crippen LogP contribution in [0.1, 0.15) is 49.7 Å². The maximum absolute atomic E-state index is 6.19. The highest BCUT2D eigenvalue weighted by molar-refractivity contribution is 5.32. The van der Waals surface area contributed by atoms with Crippen LogP contribution < -0.4 is 5.73 Å². The van der Waals surface area contributed by atoms with E-state index >= 15 is 0 Å². The fourth-order valence-corrected chi connectivity index (χ4v) is 2.79. The SMILES string of the molecule is CCCC(N)CCC(c1ccccc1)c1ccccc1. The second kappa shape index (κ2) is 7.86. The molecule has 1 heteroatoms. The summed E-state index contributed by atoms with van der Waals surface area (Å²) in [5.74, 6) is 0.459. The van der Waals surface area contributed by atoms with Crippen molar-refractivity contribution in [2.45, 2.75) is 44.6 Å². The van der Waals surface area contributed by atoms with Crippen LogP contribution in [0.4, 0.5) is 0 Å². The zero-order valence-electron chi connectivity index (χ0n) is 12.3. The van der Waals surface area contributed by atoms with Gasteiger partial charge >= 0.3 is 0 Å². The molecule has 0 aromatic heterocycles. The van der Waals surface area contributed by atoms with Gasteiger partial charge in [0.25, 0.3) is 0 Å². The van der Waals surface area contributed by atoms with E-state index in [1.165, 1.54) is 17.5 Å². The van der Waals surface area contributed by atoms with E-state index < -0.39 is 0 Å². The zero-order chi connectivity index (χ0) is 14.2. The van der Waals surface area contributed by atoms with Gasteiger partial charge in [-0.1, -0.05) is 74.0 Å². The Hall–Kier alpha value is -1.60. The maximum Gasteiger partial charge on any atom is 0.00899 e. The molecule has 2 rings (SSSR count). The summed E-state index contributed by atoms with van der Waals surface area (Å²) in [7, 11) is 0. The summed E-state index contributed by atoms with van der Waals surface area (Å²) < 4.78 is 0. The van der Waals surface area contributed by atoms with Gasteiger partial charge in [0.1, 0.15) is 0 Å². The Morgan fingerprint density at radius 3 is 1.70 bits per heavy atom. The molecule has 0 aliphatic carbocycles. The minimum Gasteiger partial charge on any atom is -0.328 e. The molecule has 0 aliphatic heterocycles. The van der Waals surface area contributed by atoms with E-state index in [9.17, 15) is 0 Å². The molecule has 20 heavy (non-hydrogen) atoms. The van der Waals surface area contributed by atoms with Crippen LogP contribution in [0.5, 0.6) is 0 Å². The van der Waals surface area contributed by atoms with Crippen LogP contribution in [-0.2, 0) is 0 Å². The lowest BCUT2D eigenvalue weighted by Crippen LogP contribution is -2.20. The molecule has 0 amide bonds. The van der Waals surface area contributed by atoms with Gasteiger partial charge in [0.15, 0.2) is 0 Å². The Labute approximate surface area is 122 Å². The molecule has 0 aliphatic rings. The lowest BCUT2D eigenvalue weighted by Gasteiger charge is -2.20. The van der Waals surface area contributed by atoms with Gasteiger partial charge in [-0.2, -0.15) is 0 Å². The Morgan fingerprint density at radius 2 is 1.25 bits per heavy atom. The van der Waals surface area contributed by atoms with Crippen molar-refractivity contribution in [2.75, 3.05) is 0 Å². The summed E-state index contributed by atoms with van der Waals surface area (Å²) in [6.45, 7) is 2.20. The van der Waals surface area contributed by atoms with Crippen LogP contribution in [0.15, 0.2) is 60.7 Å². The molecule has 0 radical (unpaired) electrons. The van der Waals surface area contributed by atoms with Crippen molar-refractivity contribution in [1.82, 2.24) is 0 Å². The van der Waals surface area contributed by atoms with Gasteiger partial charge in [0, 0.05) is 12.0 Å². The highest BCUT2D eigenvalue weighted by Gasteiger charge is 2.15. The number of hydrogen-bond donors (Lipinski definition) is 1. The van der Waals surface area contributed by atoms with Gasteiger partial charge in [-0.05, 0) is 30.4 Å². The number of nitrogens with two attached hydrogens (primary N) is 1. The van der Waals surface area contributed by atoms with Gasteiger partial charge in [0.05, 0.1) is 0 Å². The summed E-state index contributed by atoms with van der Waals surface area (Å²) >= 11 is 0. The monoisotopic (exact) mass is 267 g/mol. The minimum absolute atomic E-state index is 0.329. The molecular weight excluding hydrogens is 242 g/mol. The van der Waals surface area contributed by atoms with E-state index in [-0.39, 0.29) is 0 Å². The average Bonchev–Trinajstić information content (AvgIpc) is 2.50. The molecule has 0 spiro atoms. The minimum atomic E-state index is 0.329. The van der Waals surface area contributed by atoms with Crippen LogP contribution in [0.3, 0.4) is 0 Å². The summed E-state index contributed by atoms with van der Waals surface area (Å²) in [6.07, 6.45) is 4.50. The van der Waals surface area contributed by atoms with Crippen molar-refractivity contribution in [3.63, 3.8) is 0 Å². The van der Waals surface area contributed by atoms with Crippen molar-refractivity contribution >= 4 is 0 Å². The van der Waals surface area contributed by atoms with Gasteiger partial charge in [-0.3, -0.25) is 0 Å². The third kappa shape index (κ3) is 4.21. The Bertz CT molecular complexity index is 438. The van der Waals surface area contributed by atoms with E-state index in [0.717, 1.165) is 19.3 Å². The summed E-state index contributed by atoms with van der Waals surface area (Å²) in [5, 5.41) is 0. The smallest absolute Gasteiger partial charge is 0.00899 e. The van der Waals surface area contributed by atoms with Gasteiger partial charge < -0.3 is 5.73 Å². The normalized spacial score (nSPS) is 12.6. The third-order valence-corrected chi connectivity index (χ3v) is 3.89. The van der Waals surface area contributed by atoms with Crippen LogP contribution >= 0.6 is 0 Å². The van der Waals surface area contributed by atoms with Crippen LogP contribution in [0.25, 0.3) is 0 Å². The van der Waals surface area contributed by atoms with E-state index in [0.29, 0.717) is 12.0 Å². The van der Waals surface area contributed by atoms with Gasteiger partial charge in [0.2, 0.25) is 0 Å². The van der Waals surface area contributed by atoms with Crippen molar-refractivity contribution in [2.24, 2.45) is 5.73 Å². The van der Waals surface area contributed by atoms with Crippen molar-refractivity contribution in [3.05, 3.63) is 71.8 Å². The third-order valence-electron chi connectivity index (χ3n) is 3.89. The first kappa shape index (κ1) is 14.8. The number of hydrogen-bond acceptors (Lipinski definition) is 1. The number of rotatable bonds is 7. The lowest BCUT2D eigenvalue weighted by molar-refractivity contribution is 0.519. The lowest BCUT2D eigenvalue weighted by atomic mass is 9.86. The van der Waals surface area contributed by atoms with Crippen LogP contribution in [0, 0.1) is 0 Å². The first-order valence-electron chi connectivity index (χ1n) is 7.66. The van der Waals surface area contributed by atoms with E-state index in [1.54, 1.807) is 0 Å². The second-order valence-corrected chi connectivity index (χ2v) is 5.50. The highest BCUT2D eigenvalue weighted by Crippen LogP contribution is 2.29. The van der Waals surface area contributed by atoms with Crippen LogP contribution in [0.2, 0.25) is 0 Å². The summed E-state index contributed by atoms with van der Waals surface area (Å²) in [6, 6.07) is 21.9. The zero-order valence-corrected chi connectivity index (χ0v) is 12.3. The average molecular weight is 267 g/mol. The quantitative estimate of drug-likeness (QED) is 0.771. The van der Waals surface area contributed by atoms with Crippen molar-refractivity contribution in [1.29, 1.82) is 0 Å². The molecule has 0 fully saturated rings. The summed E-state index contributed by atoms with van der Waals surface area (Å²) in [5.41, 5.74) is 8.97. The number of benzene rings is 2. The molecule has 0 heterocycles. The molecule has 2 aromatic rings. The van der Waals surface area contributed by atoms with E-state index in [1.807, 2.05) is 0 Å². The molecular formula is C19H25N. The van der Waals surface area contributed by atoms with Gasteiger partial charge in [-0.25, -0.2) is 0 Å². The fourth-order valence-electron chi connectivity index (χ4n) is 2.79. The molecule has 0 bridgehead atoms. The predicted octanol–water partition coefficient (Wildman–Crippen LogP) is 4.73. The fraction of sp³-hybridized carbons (Fsp3) is 0.368. The molecule has 1 nitrogen and oxygen atoms in total. The largest absolute Gasteiger partial charge is 0.328 e. The molecule has 1 unspecified atom stereocenters. The Balaban J connectivity index is 2.13. The molecule has 2 aromatic carbocycles. The first-order chi connectivity index (χ1) is 9.81. The molecule has 0 saturated carbocycles. The van der Waals surface area contributed by atoms with E-state index in [2.05, 4.69) is 67.6 Å². The first-order valence-corrected chi connectivity index (χ1v) is 7.66. The Kier molecular flexibility index (Phi) is 5.82. The molecule has 1 atom stereocenters. The standard InChI is InChI=1S/C19H25N/c1-2-9-18(20)14-15-19(16-10-5-3-6-11-16)17-12-7-4-8-13-17/h3-8,10-13,18-19H,2,9,14-15,20H2,1H3. The predicted molar refractivity (Wildman–Crippen MR) is 86.8 cm³/mol.